The largest absolute Gasteiger partial charge is 0.480 e. The topological polar surface area (TPSA) is 108 Å². The Kier molecular flexibility index (Phi) is 8.82. The normalized spacial score (nSPS) is 16.1. The fourth-order valence-electron chi connectivity index (χ4n) is 3.32. The number of benzene rings is 1. The van der Waals surface area contributed by atoms with Crippen molar-refractivity contribution in [3.8, 4) is 0 Å². The molecule has 2 amide bonds. The van der Waals surface area contributed by atoms with Crippen LogP contribution in [0, 0.1) is 0 Å². The highest BCUT2D eigenvalue weighted by Gasteiger charge is 2.26. The van der Waals surface area contributed by atoms with Crippen LogP contribution < -0.4 is 10.2 Å². The van der Waals surface area contributed by atoms with E-state index >= 15 is 0 Å². The maximum Gasteiger partial charge on any atom is 0.408 e. The Labute approximate surface area is 183 Å². The molecule has 9 nitrogen and oxygen atoms in total. The van der Waals surface area contributed by atoms with Gasteiger partial charge in [0.15, 0.2) is 0 Å². The molecule has 1 aliphatic heterocycles. The Morgan fingerprint density at radius 3 is 2.42 bits per heavy atom. The van der Waals surface area contributed by atoms with Crippen LogP contribution in [0.2, 0.25) is 0 Å². The first-order valence-electron chi connectivity index (χ1n) is 10.4. The molecule has 0 aliphatic carbocycles. The smallest absolute Gasteiger partial charge is 0.408 e. The molecule has 0 bridgehead atoms. The third-order valence-corrected chi connectivity index (χ3v) is 4.80. The number of hydrogen-bond acceptors (Lipinski definition) is 6. The summed E-state index contributed by atoms with van der Waals surface area (Å²) in [5.41, 5.74) is 0.796. The summed E-state index contributed by atoms with van der Waals surface area (Å²) in [6, 6.07) is 6.05. The molecule has 1 aliphatic rings. The number of nitrogens with zero attached hydrogens (tertiary/aromatic N) is 2. The number of anilines is 1. The Morgan fingerprint density at radius 1 is 1.19 bits per heavy atom. The van der Waals surface area contributed by atoms with Gasteiger partial charge in [0.05, 0.1) is 6.54 Å². The second-order valence-electron chi connectivity index (χ2n) is 8.58. The summed E-state index contributed by atoms with van der Waals surface area (Å²) in [5.74, 6) is -1.11. The summed E-state index contributed by atoms with van der Waals surface area (Å²) < 4.78 is 10.2. The van der Waals surface area contributed by atoms with Crippen LogP contribution in [0.3, 0.4) is 0 Å². The number of alkyl carbamates (subject to hydrolysis) is 1. The molecule has 0 spiro atoms. The average molecular weight is 436 g/mol. The average Bonchev–Trinajstić information content (AvgIpc) is 2.67. The molecule has 1 aromatic carbocycles. The third kappa shape index (κ3) is 8.18. The highest BCUT2D eigenvalue weighted by atomic mass is 16.6. The van der Waals surface area contributed by atoms with E-state index in [1.807, 2.05) is 0 Å². The molecular weight excluding hydrogens is 402 g/mol. The number of methoxy groups -OCH3 is 1. The predicted octanol–water partition coefficient (Wildman–Crippen LogP) is 1.89. The number of carbonyl (C=O) groups excluding carboxylic acids is 2. The number of amides is 2. The molecule has 1 atom stereocenters. The monoisotopic (exact) mass is 435 g/mol. The van der Waals surface area contributed by atoms with Gasteiger partial charge in [-0.3, -0.25) is 9.69 Å². The van der Waals surface area contributed by atoms with Crippen molar-refractivity contribution in [1.82, 2.24) is 10.2 Å². The number of carbonyl (C=O) groups is 3. The SMILES string of the molecule is COCCCN1CCN(c2ccc(CC(NC(=O)OC(C)(C)C)C(=O)O)cc2)C(=O)C1. The van der Waals surface area contributed by atoms with Crippen molar-refractivity contribution in [2.45, 2.75) is 45.3 Å². The van der Waals surface area contributed by atoms with Crippen LogP contribution in [0.25, 0.3) is 0 Å². The zero-order valence-corrected chi connectivity index (χ0v) is 18.7. The minimum atomic E-state index is -1.14. The fraction of sp³-hybridized carbons (Fsp3) is 0.591. The van der Waals surface area contributed by atoms with Gasteiger partial charge in [-0.2, -0.15) is 0 Å². The number of carboxylic acid groups (broad SMARTS) is 1. The number of rotatable bonds is 9. The highest BCUT2D eigenvalue weighted by Crippen LogP contribution is 2.19. The summed E-state index contributed by atoms with van der Waals surface area (Å²) >= 11 is 0. The van der Waals surface area contributed by atoms with Crippen LogP contribution >= 0.6 is 0 Å². The second-order valence-corrected chi connectivity index (χ2v) is 8.58. The van der Waals surface area contributed by atoms with Crippen molar-refractivity contribution in [1.29, 1.82) is 0 Å². The second kappa shape index (κ2) is 11.1. The van der Waals surface area contributed by atoms with Gasteiger partial charge in [0.25, 0.3) is 0 Å². The van der Waals surface area contributed by atoms with Gasteiger partial charge in [0.2, 0.25) is 5.91 Å². The standard InChI is InChI=1S/C22H33N3O6/c1-22(2,3)31-21(29)23-18(20(27)28)14-16-6-8-17(9-7-16)25-12-11-24(15-19(25)26)10-5-13-30-4/h6-9,18H,5,10-15H2,1-4H3,(H,23,29)(H,27,28). The molecular formula is C22H33N3O6. The van der Waals surface area contributed by atoms with Crippen LogP contribution in [-0.2, 0) is 25.5 Å². The molecule has 2 N–H and O–H groups in total. The molecule has 172 valence electrons. The number of hydrogen-bond donors (Lipinski definition) is 2. The van der Waals surface area contributed by atoms with Crippen LogP contribution in [-0.4, -0.2) is 79.5 Å². The van der Waals surface area contributed by atoms with E-state index in [9.17, 15) is 19.5 Å². The van der Waals surface area contributed by atoms with Gasteiger partial charge in [-0.15, -0.1) is 0 Å². The highest BCUT2D eigenvalue weighted by molar-refractivity contribution is 5.95. The molecule has 1 heterocycles. The quantitative estimate of drug-likeness (QED) is 0.570. The van der Waals surface area contributed by atoms with E-state index in [0.717, 1.165) is 30.8 Å². The van der Waals surface area contributed by atoms with Crippen molar-refractivity contribution in [2.24, 2.45) is 0 Å². The van der Waals surface area contributed by atoms with Gasteiger partial charge >= 0.3 is 12.1 Å². The minimum Gasteiger partial charge on any atom is -0.480 e. The molecule has 31 heavy (non-hydrogen) atoms. The van der Waals surface area contributed by atoms with E-state index in [4.69, 9.17) is 9.47 Å². The summed E-state index contributed by atoms with van der Waals surface area (Å²) in [6.07, 6.45) is 0.224. The molecule has 0 radical (unpaired) electrons. The van der Waals surface area contributed by atoms with E-state index in [1.54, 1.807) is 57.0 Å². The first kappa shape index (κ1) is 24.6. The van der Waals surface area contributed by atoms with Gasteiger partial charge in [-0.1, -0.05) is 12.1 Å². The first-order chi connectivity index (χ1) is 14.6. The van der Waals surface area contributed by atoms with Crippen LogP contribution in [0.4, 0.5) is 10.5 Å². The Hall–Kier alpha value is -2.65. The lowest BCUT2D eigenvalue weighted by atomic mass is 10.1. The minimum absolute atomic E-state index is 0.0337. The number of ether oxygens (including phenoxy) is 2. The number of nitrogens with one attached hydrogen (secondary N) is 1. The van der Waals surface area contributed by atoms with Gasteiger partial charge in [-0.05, 0) is 44.9 Å². The van der Waals surface area contributed by atoms with E-state index in [-0.39, 0.29) is 12.3 Å². The van der Waals surface area contributed by atoms with Crippen molar-refractivity contribution >= 4 is 23.7 Å². The summed E-state index contributed by atoms with van der Waals surface area (Å²) in [5, 5.41) is 11.8. The fourth-order valence-corrected chi connectivity index (χ4v) is 3.32. The predicted molar refractivity (Wildman–Crippen MR) is 116 cm³/mol. The van der Waals surface area contributed by atoms with Gasteiger partial charge in [-0.25, -0.2) is 9.59 Å². The number of aliphatic carboxylic acids is 1. The van der Waals surface area contributed by atoms with Gasteiger partial charge < -0.3 is 24.8 Å². The van der Waals surface area contributed by atoms with Crippen molar-refractivity contribution in [3.05, 3.63) is 29.8 Å². The summed E-state index contributed by atoms with van der Waals surface area (Å²) in [7, 11) is 1.67. The number of piperazine rings is 1. The van der Waals surface area contributed by atoms with E-state index in [2.05, 4.69) is 10.2 Å². The molecule has 9 heteroatoms. The molecule has 0 saturated carbocycles. The van der Waals surface area contributed by atoms with E-state index in [1.165, 1.54) is 0 Å². The van der Waals surface area contributed by atoms with Gasteiger partial charge in [0, 0.05) is 45.5 Å². The molecule has 0 aromatic heterocycles. The third-order valence-electron chi connectivity index (χ3n) is 4.80. The Morgan fingerprint density at radius 2 is 1.87 bits per heavy atom. The van der Waals surface area contributed by atoms with E-state index < -0.39 is 23.7 Å². The summed E-state index contributed by atoms with van der Waals surface area (Å²) in [6.45, 7) is 8.39. The molecule has 1 unspecified atom stereocenters. The van der Waals surface area contributed by atoms with Crippen LogP contribution in [0.15, 0.2) is 24.3 Å². The van der Waals surface area contributed by atoms with Crippen molar-refractivity contribution < 1.29 is 29.0 Å². The lowest BCUT2D eigenvalue weighted by molar-refractivity contribution is -0.139. The maximum atomic E-state index is 12.5. The van der Waals surface area contributed by atoms with Crippen LogP contribution in [0.1, 0.15) is 32.8 Å². The summed E-state index contributed by atoms with van der Waals surface area (Å²) in [4.78, 5) is 39.9. The maximum absolute atomic E-state index is 12.5. The lowest BCUT2D eigenvalue weighted by Gasteiger charge is -2.34. The first-order valence-corrected chi connectivity index (χ1v) is 10.4. The molecule has 2 rings (SSSR count). The zero-order chi connectivity index (χ0) is 23.0. The Bertz CT molecular complexity index is 760. The zero-order valence-electron chi connectivity index (χ0n) is 18.7. The van der Waals surface area contributed by atoms with Crippen LogP contribution in [0.5, 0.6) is 0 Å². The Balaban J connectivity index is 1.94. The molecule has 1 aromatic rings. The molecule has 1 fully saturated rings. The lowest BCUT2D eigenvalue weighted by Crippen LogP contribution is -2.50. The van der Waals surface area contributed by atoms with E-state index in [0.29, 0.717) is 19.7 Å². The molecule has 1 saturated heterocycles. The van der Waals surface area contributed by atoms with Crippen molar-refractivity contribution in [2.75, 3.05) is 44.8 Å². The van der Waals surface area contributed by atoms with Gasteiger partial charge in [0.1, 0.15) is 11.6 Å². The van der Waals surface area contributed by atoms with Crippen molar-refractivity contribution in [3.63, 3.8) is 0 Å². The number of carboxylic acids is 1.